The van der Waals surface area contributed by atoms with Crippen molar-refractivity contribution in [3.8, 4) is 0 Å². The fourth-order valence-electron chi connectivity index (χ4n) is 1.79. The van der Waals surface area contributed by atoms with Crippen LogP contribution in [0, 0.1) is 0 Å². The van der Waals surface area contributed by atoms with E-state index in [1.54, 1.807) is 16.6 Å². The molecule has 2 aromatic rings. The van der Waals surface area contributed by atoms with Gasteiger partial charge in [0, 0.05) is 12.7 Å². The molecule has 0 aliphatic carbocycles. The van der Waals surface area contributed by atoms with Crippen LogP contribution in [0.25, 0.3) is 0 Å². The van der Waals surface area contributed by atoms with Gasteiger partial charge < -0.3 is 4.90 Å². The molecule has 0 aliphatic rings. The Morgan fingerprint density at radius 3 is 2.35 bits per heavy atom. The summed E-state index contributed by atoms with van der Waals surface area (Å²) in [6.45, 7) is 1.82. The minimum atomic E-state index is -0.419. The van der Waals surface area contributed by atoms with Gasteiger partial charge in [-0.3, -0.25) is 4.79 Å². The van der Waals surface area contributed by atoms with Crippen LogP contribution in [0.4, 0.5) is 5.69 Å². The van der Waals surface area contributed by atoms with Crippen molar-refractivity contribution < 1.29 is 4.79 Å². The Kier molecular flexibility index (Phi) is 5.04. The maximum absolute atomic E-state index is 12.5. The van der Waals surface area contributed by atoms with Crippen molar-refractivity contribution in [3.05, 3.63) is 44.0 Å². The number of benzene rings is 1. The highest BCUT2D eigenvalue weighted by Gasteiger charge is 2.24. The number of para-hydroxylation sites is 1. The second-order valence-electron chi connectivity index (χ2n) is 4.25. The highest BCUT2D eigenvalue weighted by atomic mass is 79.9. The van der Waals surface area contributed by atoms with Crippen molar-refractivity contribution in [3.63, 3.8) is 0 Å². The summed E-state index contributed by atoms with van der Waals surface area (Å²) in [5.41, 5.74) is 0.853. The smallest absolute Gasteiger partial charge is 0.251 e. The summed E-state index contributed by atoms with van der Waals surface area (Å²) in [4.78, 5) is 14.2. The molecule has 20 heavy (non-hydrogen) atoms. The minimum absolute atomic E-state index is 0.0422. The van der Waals surface area contributed by atoms with E-state index in [0.29, 0.717) is 4.60 Å². The molecule has 0 N–H and O–H groups in total. The second kappa shape index (κ2) is 6.41. The highest BCUT2D eigenvalue weighted by Crippen LogP contribution is 2.32. The van der Waals surface area contributed by atoms with Crippen LogP contribution in [0.5, 0.6) is 0 Å². The summed E-state index contributed by atoms with van der Waals surface area (Å²) in [5.74, 6) is -0.0422. The number of anilines is 1. The Balaban J connectivity index is 2.27. The van der Waals surface area contributed by atoms with Gasteiger partial charge in [-0.2, -0.15) is 5.10 Å². The molecule has 0 radical (unpaired) electrons. The molecule has 1 unspecified atom stereocenters. The number of hydrogen-bond donors (Lipinski definition) is 0. The number of aromatic nitrogens is 2. The molecule has 7 heteroatoms. The number of nitrogens with zero attached hydrogens (tertiary/aromatic N) is 3. The monoisotopic (exact) mass is 463 g/mol. The summed E-state index contributed by atoms with van der Waals surface area (Å²) >= 11 is 10.2. The molecule has 2 rings (SSSR count). The Hall–Kier alpha value is -0.660. The molecule has 1 amide bonds. The molecule has 1 aromatic heterocycles. The van der Waals surface area contributed by atoms with E-state index in [4.69, 9.17) is 0 Å². The van der Waals surface area contributed by atoms with Crippen molar-refractivity contribution >= 4 is 59.4 Å². The molecular formula is C13H12Br3N3O. The van der Waals surface area contributed by atoms with Gasteiger partial charge in [-0.1, -0.05) is 18.2 Å². The number of halogens is 3. The van der Waals surface area contributed by atoms with Crippen molar-refractivity contribution in [2.45, 2.75) is 13.0 Å². The summed E-state index contributed by atoms with van der Waals surface area (Å²) in [6, 6.07) is 9.10. The van der Waals surface area contributed by atoms with Crippen molar-refractivity contribution in [1.82, 2.24) is 9.78 Å². The standard InChI is InChI=1S/C13H12Br3N3O/c1-8(19-12(16)10(14)11(15)17-19)13(20)18(2)9-6-4-3-5-7-9/h3-8H,1-2H3. The minimum Gasteiger partial charge on any atom is -0.314 e. The quantitative estimate of drug-likeness (QED) is 0.674. The molecular weight excluding hydrogens is 454 g/mol. The van der Waals surface area contributed by atoms with Gasteiger partial charge in [0.2, 0.25) is 0 Å². The van der Waals surface area contributed by atoms with Crippen LogP contribution in [0.15, 0.2) is 44.0 Å². The van der Waals surface area contributed by atoms with E-state index >= 15 is 0 Å². The van der Waals surface area contributed by atoms with Gasteiger partial charge in [0.15, 0.2) is 0 Å². The molecule has 0 spiro atoms. The largest absolute Gasteiger partial charge is 0.314 e. The van der Waals surface area contributed by atoms with Crippen LogP contribution < -0.4 is 4.90 Å². The lowest BCUT2D eigenvalue weighted by molar-refractivity contribution is -0.121. The van der Waals surface area contributed by atoms with Crippen LogP contribution in [0.1, 0.15) is 13.0 Å². The van der Waals surface area contributed by atoms with Gasteiger partial charge in [-0.05, 0) is 66.8 Å². The molecule has 1 atom stereocenters. The number of rotatable bonds is 3. The van der Waals surface area contributed by atoms with E-state index in [2.05, 4.69) is 52.9 Å². The molecule has 0 bridgehead atoms. The number of carbonyl (C=O) groups is 1. The highest BCUT2D eigenvalue weighted by molar-refractivity contribution is 9.14. The maximum Gasteiger partial charge on any atom is 0.251 e. The number of hydrogen-bond acceptors (Lipinski definition) is 2. The van der Waals surface area contributed by atoms with E-state index in [1.165, 1.54) is 0 Å². The first-order valence-electron chi connectivity index (χ1n) is 5.85. The lowest BCUT2D eigenvalue weighted by Crippen LogP contribution is -2.33. The van der Waals surface area contributed by atoms with E-state index in [-0.39, 0.29) is 5.91 Å². The lowest BCUT2D eigenvalue weighted by Gasteiger charge is -2.22. The number of amides is 1. The zero-order valence-corrected chi connectivity index (χ0v) is 15.6. The molecule has 1 heterocycles. The molecule has 0 saturated heterocycles. The van der Waals surface area contributed by atoms with E-state index < -0.39 is 6.04 Å². The molecule has 0 saturated carbocycles. The van der Waals surface area contributed by atoms with Crippen molar-refractivity contribution in [1.29, 1.82) is 0 Å². The first kappa shape index (κ1) is 15.7. The van der Waals surface area contributed by atoms with Gasteiger partial charge in [0.25, 0.3) is 5.91 Å². The molecule has 0 fully saturated rings. The van der Waals surface area contributed by atoms with Gasteiger partial charge in [-0.25, -0.2) is 4.68 Å². The molecule has 4 nitrogen and oxygen atoms in total. The maximum atomic E-state index is 12.5. The van der Waals surface area contributed by atoms with Crippen molar-refractivity contribution in [2.24, 2.45) is 0 Å². The van der Waals surface area contributed by atoms with Gasteiger partial charge in [-0.15, -0.1) is 0 Å². The Labute approximate surface area is 142 Å². The van der Waals surface area contributed by atoms with Crippen molar-refractivity contribution in [2.75, 3.05) is 11.9 Å². The number of carbonyl (C=O) groups excluding carboxylic acids is 1. The second-order valence-corrected chi connectivity index (χ2v) is 6.54. The van der Waals surface area contributed by atoms with Gasteiger partial charge in [0.05, 0.1) is 4.47 Å². The molecule has 106 valence electrons. The van der Waals surface area contributed by atoms with E-state index in [9.17, 15) is 4.79 Å². The topological polar surface area (TPSA) is 38.1 Å². The average Bonchev–Trinajstić information content (AvgIpc) is 2.73. The zero-order chi connectivity index (χ0) is 14.9. The predicted molar refractivity (Wildman–Crippen MR) is 89.9 cm³/mol. The third kappa shape index (κ3) is 2.99. The normalized spacial score (nSPS) is 12.2. The fraction of sp³-hybridized carbons (Fsp3) is 0.231. The van der Waals surface area contributed by atoms with Crippen LogP contribution in [0.3, 0.4) is 0 Å². The van der Waals surface area contributed by atoms with Crippen LogP contribution in [0.2, 0.25) is 0 Å². The third-order valence-corrected chi connectivity index (χ3v) is 6.09. The van der Waals surface area contributed by atoms with Gasteiger partial charge >= 0.3 is 0 Å². The first-order valence-corrected chi connectivity index (χ1v) is 8.23. The van der Waals surface area contributed by atoms with Gasteiger partial charge in [0.1, 0.15) is 15.2 Å². The summed E-state index contributed by atoms with van der Waals surface area (Å²) in [7, 11) is 1.76. The van der Waals surface area contributed by atoms with E-state index in [0.717, 1.165) is 14.8 Å². The SMILES string of the molecule is CC(C(=O)N(C)c1ccccc1)n1nc(Br)c(Br)c1Br. The Bertz CT molecular complexity index is 627. The van der Waals surface area contributed by atoms with Crippen LogP contribution in [-0.4, -0.2) is 22.7 Å². The Morgan fingerprint density at radius 2 is 1.85 bits per heavy atom. The van der Waals surface area contributed by atoms with E-state index in [1.807, 2.05) is 37.3 Å². The molecule has 1 aromatic carbocycles. The Morgan fingerprint density at radius 1 is 1.25 bits per heavy atom. The third-order valence-electron chi connectivity index (χ3n) is 2.96. The van der Waals surface area contributed by atoms with Crippen LogP contribution >= 0.6 is 47.8 Å². The predicted octanol–water partition coefficient (Wildman–Crippen LogP) is 4.39. The fourth-order valence-corrected chi connectivity index (χ4v) is 3.25. The van der Waals surface area contributed by atoms with Crippen LogP contribution in [-0.2, 0) is 4.79 Å². The molecule has 0 aliphatic heterocycles. The lowest BCUT2D eigenvalue weighted by atomic mass is 10.2. The zero-order valence-electron chi connectivity index (χ0n) is 10.8. The number of likely N-dealkylation sites (N-methyl/N-ethyl adjacent to an activating group) is 1. The summed E-state index contributed by atoms with van der Waals surface area (Å²) < 4.78 is 3.81. The first-order chi connectivity index (χ1) is 9.43. The summed E-state index contributed by atoms with van der Waals surface area (Å²) in [6.07, 6.45) is 0. The summed E-state index contributed by atoms with van der Waals surface area (Å²) in [5, 5.41) is 4.30. The average molecular weight is 466 g/mol.